The Hall–Kier alpha value is -2.15. The zero-order chi connectivity index (χ0) is 14.5. The van der Waals surface area contributed by atoms with Crippen molar-refractivity contribution in [2.75, 3.05) is 11.9 Å². The minimum absolute atomic E-state index is 0.148. The molecule has 0 unspecified atom stereocenters. The Morgan fingerprint density at radius 3 is 3.00 bits per heavy atom. The smallest absolute Gasteiger partial charge is 0.329 e. The minimum atomic E-state index is -0.669. The molecule has 2 rings (SSSR count). The number of anilines is 1. The second-order valence-electron chi connectivity index (χ2n) is 4.16. The Morgan fingerprint density at radius 2 is 2.35 bits per heavy atom. The Labute approximate surface area is 119 Å². The van der Waals surface area contributed by atoms with Gasteiger partial charge in [0.2, 0.25) is 5.91 Å². The van der Waals surface area contributed by atoms with Crippen LogP contribution in [0.5, 0.6) is 0 Å². The predicted molar refractivity (Wildman–Crippen MR) is 70.0 cm³/mol. The fourth-order valence-corrected chi connectivity index (χ4v) is 1.86. The van der Waals surface area contributed by atoms with E-state index < -0.39 is 24.5 Å². The number of carbonyl (C=O) groups is 3. The Morgan fingerprint density at radius 1 is 1.55 bits per heavy atom. The van der Waals surface area contributed by atoms with Crippen molar-refractivity contribution >= 4 is 35.1 Å². The molecule has 0 saturated carbocycles. The summed E-state index contributed by atoms with van der Waals surface area (Å²) < 4.78 is 4.82. The van der Waals surface area contributed by atoms with Gasteiger partial charge in [0.1, 0.15) is 6.04 Å². The van der Waals surface area contributed by atoms with E-state index in [9.17, 15) is 14.4 Å². The molecule has 1 aliphatic heterocycles. The van der Waals surface area contributed by atoms with Crippen LogP contribution in [0.2, 0.25) is 5.15 Å². The summed E-state index contributed by atoms with van der Waals surface area (Å²) in [6, 6.07) is 2.52. The highest BCUT2D eigenvalue weighted by molar-refractivity contribution is 6.32. The van der Waals surface area contributed by atoms with Crippen molar-refractivity contribution in [3.8, 4) is 0 Å². The van der Waals surface area contributed by atoms with E-state index in [4.69, 9.17) is 16.3 Å². The molecule has 20 heavy (non-hydrogen) atoms. The van der Waals surface area contributed by atoms with E-state index in [0.717, 1.165) is 0 Å². The van der Waals surface area contributed by atoms with Crippen molar-refractivity contribution in [1.82, 2.24) is 10.3 Å². The molecule has 0 spiro atoms. The van der Waals surface area contributed by atoms with Crippen LogP contribution in [-0.4, -0.2) is 35.4 Å². The molecule has 2 heterocycles. The van der Waals surface area contributed by atoms with Gasteiger partial charge >= 0.3 is 5.97 Å². The zero-order valence-corrected chi connectivity index (χ0v) is 11.1. The average molecular weight is 298 g/mol. The van der Waals surface area contributed by atoms with Crippen molar-refractivity contribution in [1.29, 1.82) is 0 Å². The van der Waals surface area contributed by atoms with E-state index in [1.807, 2.05) is 0 Å². The maximum atomic E-state index is 11.6. The number of esters is 1. The number of hydrogen-bond acceptors (Lipinski definition) is 5. The third-order valence-corrected chi connectivity index (χ3v) is 2.96. The predicted octanol–water partition coefficient (Wildman–Crippen LogP) is 0.495. The number of amides is 2. The fourth-order valence-electron chi connectivity index (χ4n) is 1.69. The van der Waals surface area contributed by atoms with E-state index >= 15 is 0 Å². The first-order chi connectivity index (χ1) is 9.56. The van der Waals surface area contributed by atoms with Crippen LogP contribution >= 0.6 is 11.6 Å². The van der Waals surface area contributed by atoms with Gasteiger partial charge in [0.15, 0.2) is 11.8 Å². The third-order valence-electron chi connectivity index (χ3n) is 2.66. The van der Waals surface area contributed by atoms with E-state index in [1.165, 1.54) is 6.20 Å². The number of rotatable bonds is 4. The molecule has 1 atom stereocenters. The van der Waals surface area contributed by atoms with Crippen LogP contribution < -0.4 is 10.6 Å². The maximum absolute atomic E-state index is 11.6. The van der Waals surface area contributed by atoms with E-state index in [1.54, 1.807) is 12.1 Å². The van der Waals surface area contributed by atoms with E-state index in [0.29, 0.717) is 12.1 Å². The second-order valence-corrected chi connectivity index (χ2v) is 4.51. The number of pyridine rings is 1. The number of ether oxygens (including phenoxy) is 1. The lowest BCUT2D eigenvalue weighted by atomic mass is 10.2. The summed E-state index contributed by atoms with van der Waals surface area (Å²) >= 11 is 5.77. The summed E-state index contributed by atoms with van der Waals surface area (Å²) in [6.45, 7) is -0.448. The summed E-state index contributed by atoms with van der Waals surface area (Å²) in [5.74, 6) is -1.35. The minimum Gasteiger partial charge on any atom is -0.454 e. The van der Waals surface area contributed by atoms with E-state index in [2.05, 4.69) is 15.6 Å². The van der Waals surface area contributed by atoms with Gasteiger partial charge in [-0.2, -0.15) is 0 Å². The molecular weight excluding hydrogens is 286 g/mol. The first kappa shape index (κ1) is 14.3. The van der Waals surface area contributed by atoms with Crippen LogP contribution in [0.3, 0.4) is 0 Å². The fraction of sp³-hybridized carbons (Fsp3) is 0.333. The highest BCUT2D eigenvalue weighted by Crippen LogP contribution is 2.17. The van der Waals surface area contributed by atoms with Gasteiger partial charge in [-0.15, -0.1) is 0 Å². The summed E-state index contributed by atoms with van der Waals surface area (Å²) in [7, 11) is 0. The standard InChI is InChI=1S/C12H12ClN3O4/c13-11-7(2-1-5-14-11)15-10(18)6-20-12(19)8-3-4-9(17)16-8/h1-2,5,8H,3-4,6H2,(H,15,18)(H,16,17)/t8-/m0/s1. The molecular formula is C12H12ClN3O4. The van der Waals surface area contributed by atoms with Gasteiger partial charge in [0, 0.05) is 12.6 Å². The highest BCUT2D eigenvalue weighted by atomic mass is 35.5. The number of nitrogens with zero attached hydrogens (tertiary/aromatic N) is 1. The monoisotopic (exact) mass is 297 g/mol. The normalized spacial score (nSPS) is 17.4. The van der Waals surface area contributed by atoms with Crippen LogP contribution in [0.25, 0.3) is 0 Å². The SMILES string of the molecule is O=C(COC(=O)[C@@H]1CCC(=O)N1)Nc1cccnc1Cl. The number of nitrogens with one attached hydrogen (secondary N) is 2. The van der Waals surface area contributed by atoms with Gasteiger partial charge in [0.25, 0.3) is 5.91 Å². The molecule has 0 bridgehead atoms. The van der Waals surface area contributed by atoms with Crippen molar-refractivity contribution in [2.24, 2.45) is 0 Å². The summed E-state index contributed by atoms with van der Waals surface area (Å²) in [6.07, 6.45) is 2.16. The largest absolute Gasteiger partial charge is 0.454 e. The van der Waals surface area contributed by atoms with Gasteiger partial charge in [-0.3, -0.25) is 9.59 Å². The number of aromatic nitrogens is 1. The molecule has 1 aliphatic rings. The van der Waals surface area contributed by atoms with Crippen LogP contribution in [0.4, 0.5) is 5.69 Å². The molecule has 0 radical (unpaired) electrons. The second kappa shape index (κ2) is 6.33. The summed E-state index contributed by atoms with van der Waals surface area (Å²) in [5.41, 5.74) is 0.337. The molecule has 1 aromatic heterocycles. The highest BCUT2D eigenvalue weighted by Gasteiger charge is 2.28. The van der Waals surface area contributed by atoms with Crippen LogP contribution in [-0.2, 0) is 19.1 Å². The number of halogens is 1. The molecule has 1 saturated heterocycles. The quantitative estimate of drug-likeness (QED) is 0.623. The molecule has 0 aromatic carbocycles. The first-order valence-corrected chi connectivity index (χ1v) is 6.30. The van der Waals surface area contributed by atoms with Gasteiger partial charge in [-0.25, -0.2) is 9.78 Å². The summed E-state index contributed by atoms with van der Waals surface area (Å²) in [5, 5.41) is 5.08. The lowest BCUT2D eigenvalue weighted by molar-refractivity contribution is -0.149. The molecule has 106 valence electrons. The topological polar surface area (TPSA) is 97.4 Å². The first-order valence-electron chi connectivity index (χ1n) is 5.92. The number of carbonyl (C=O) groups excluding carboxylic acids is 3. The lowest BCUT2D eigenvalue weighted by Gasteiger charge is -2.10. The van der Waals surface area contributed by atoms with Crippen LogP contribution in [0.15, 0.2) is 18.3 Å². The third kappa shape index (κ3) is 3.67. The van der Waals surface area contributed by atoms with Gasteiger partial charge < -0.3 is 15.4 Å². The lowest BCUT2D eigenvalue weighted by Crippen LogP contribution is -2.36. The van der Waals surface area contributed by atoms with Gasteiger partial charge in [-0.05, 0) is 18.6 Å². The van der Waals surface area contributed by atoms with Crippen molar-refractivity contribution in [2.45, 2.75) is 18.9 Å². The zero-order valence-electron chi connectivity index (χ0n) is 10.4. The van der Waals surface area contributed by atoms with E-state index in [-0.39, 0.29) is 17.5 Å². The number of hydrogen-bond donors (Lipinski definition) is 2. The maximum Gasteiger partial charge on any atom is 0.329 e. The van der Waals surface area contributed by atoms with Crippen molar-refractivity contribution < 1.29 is 19.1 Å². The van der Waals surface area contributed by atoms with Crippen LogP contribution in [0, 0.1) is 0 Å². The molecule has 0 aliphatic carbocycles. The molecule has 2 N–H and O–H groups in total. The van der Waals surface area contributed by atoms with Crippen molar-refractivity contribution in [3.63, 3.8) is 0 Å². The Bertz CT molecular complexity index is 549. The van der Waals surface area contributed by atoms with Crippen LogP contribution in [0.1, 0.15) is 12.8 Å². The average Bonchev–Trinajstić information content (AvgIpc) is 2.85. The molecule has 7 nitrogen and oxygen atoms in total. The molecule has 2 amide bonds. The molecule has 8 heteroatoms. The van der Waals surface area contributed by atoms with Crippen molar-refractivity contribution in [3.05, 3.63) is 23.5 Å². The molecule has 1 aromatic rings. The Kier molecular flexibility index (Phi) is 4.52. The van der Waals surface area contributed by atoms with Gasteiger partial charge in [-0.1, -0.05) is 11.6 Å². The summed E-state index contributed by atoms with van der Waals surface area (Å²) in [4.78, 5) is 37.9. The Balaban J connectivity index is 1.79. The van der Waals surface area contributed by atoms with Gasteiger partial charge in [0.05, 0.1) is 5.69 Å². The molecule has 1 fully saturated rings.